The molecule has 1 unspecified atom stereocenters. The minimum atomic E-state index is -4.87. The van der Waals surface area contributed by atoms with Gasteiger partial charge in [0.05, 0.1) is 11.4 Å². The van der Waals surface area contributed by atoms with Gasteiger partial charge >= 0.3 is 18.4 Å². The van der Waals surface area contributed by atoms with Crippen LogP contribution in [0.4, 0.5) is 31.1 Å². The molecule has 0 saturated carbocycles. The van der Waals surface area contributed by atoms with Crippen LogP contribution in [0.15, 0.2) is 47.6 Å². The van der Waals surface area contributed by atoms with E-state index in [9.17, 15) is 31.1 Å². The number of hydrogen-bond acceptors (Lipinski definition) is 4. The molecular weight excluding hydrogens is 537 g/mol. The van der Waals surface area contributed by atoms with Gasteiger partial charge in [0.1, 0.15) is 6.54 Å². The molecular formula is C22H18Cl2F6N4O2. The third kappa shape index (κ3) is 6.23. The second-order valence-electron chi connectivity index (χ2n) is 7.79. The number of urea groups is 1. The summed E-state index contributed by atoms with van der Waals surface area (Å²) in [5, 5.41) is 5.37. The van der Waals surface area contributed by atoms with Crippen LogP contribution in [-0.2, 0) is 10.4 Å². The van der Waals surface area contributed by atoms with Gasteiger partial charge in [-0.2, -0.15) is 31.4 Å². The molecule has 0 spiro atoms. The quantitative estimate of drug-likeness (QED) is 0.233. The number of benzene rings is 2. The molecule has 2 aromatic carbocycles. The molecule has 194 valence electrons. The molecule has 3 rings (SSSR count). The van der Waals surface area contributed by atoms with Crippen molar-refractivity contribution in [2.75, 3.05) is 6.54 Å². The topological polar surface area (TPSA) is 74.8 Å². The molecule has 2 amide bonds. The molecule has 0 saturated heterocycles. The van der Waals surface area contributed by atoms with Gasteiger partial charge in [0.15, 0.2) is 0 Å². The Labute approximate surface area is 211 Å². The van der Waals surface area contributed by atoms with Crippen LogP contribution < -0.4 is 16.2 Å². The lowest BCUT2D eigenvalue weighted by Gasteiger charge is -2.28. The van der Waals surface area contributed by atoms with E-state index in [4.69, 9.17) is 28.0 Å². The number of amides is 2. The van der Waals surface area contributed by atoms with Crippen LogP contribution in [0.2, 0.25) is 10.0 Å². The molecule has 3 N–H and O–H groups in total. The molecule has 1 atom stereocenters. The van der Waals surface area contributed by atoms with Gasteiger partial charge in [-0.3, -0.25) is 10.3 Å². The van der Waals surface area contributed by atoms with E-state index in [2.05, 4.69) is 10.6 Å². The van der Waals surface area contributed by atoms with Crippen molar-refractivity contribution in [3.63, 3.8) is 0 Å². The molecule has 2 aromatic rings. The van der Waals surface area contributed by atoms with Gasteiger partial charge in [-0.15, -0.1) is 0 Å². The molecule has 6 nitrogen and oxygen atoms in total. The molecule has 0 radical (unpaired) electrons. The Kier molecular flexibility index (Phi) is 7.82. The van der Waals surface area contributed by atoms with Crippen molar-refractivity contribution in [2.45, 2.75) is 31.8 Å². The van der Waals surface area contributed by atoms with E-state index in [1.807, 2.05) is 5.43 Å². The Morgan fingerprint density at radius 2 is 1.72 bits per heavy atom. The first-order valence-electron chi connectivity index (χ1n) is 10.1. The van der Waals surface area contributed by atoms with Gasteiger partial charge in [0, 0.05) is 21.2 Å². The molecule has 0 bridgehead atoms. The van der Waals surface area contributed by atoms with Gasteiger partial charge in [0.25, 0.3) is 0 Å². The third-order valence-corrected chi connectivity index (χ3v) is 5.52. The van der Waals surface area contributed by atoms with Crippen molar-refractivity contribution in [2.24, 2.45) is 5.10 Å². The minimum Gasteiger partial charge on any atom is -0.328 e. The summed E-state index contributed by atoms with van der Waals surface area (Å²) < 4.78 is 79.0. The van der Waals surface area contributed by atoms with E-state index < -0.39 is 30.5 Å². The summed E-state index contributed by atoms with van der Waals surface area (Å²) in [5.41, 5.74) is 2.78. The molecule has 1 aliphatic heterocycles. The highest BCUT2D eigenvalue weighted by Crippen LogP contribution is 2.48. The normalized spacial score (nSPS) is 18.5. The number of rotatable bonds is 5. The number of hydrogen-bond donors (Lipinski definition) is 3. The van der Waals surface area contributed by atoms with Gasteiger partial charge in [-0.1, -0.05) is 35.3 Å². The molecule has 14 heteroatoms. The van der Waals surface area contributed by atoms with E-state index in [1.54, 1.807) is 18.3 Å². The standard InChI is InChI=1S/C22H18Cl2F6N4O2/c1-11-5-13(3-4-17(11)12(2)32-33-19(35)31-10-21(25,26)27)18-9-20(36-34-18,22(28,29)30)14-6-15(23)8-16(24)7-14/h3-9,34H,10H2,1-2H3,(H2,31,33,35). The fourth-order valence-corrected chi connectivity index (χ4v) is 3.93. The van der Waals surface area contributed by atoms with E-state index in [1.165, 1.54) is 25.1 Å². The molecule has 1 aliphatic rings. The fourth-order valence-electron chi connectivity index (χ4n) is 3.41. The average Bonchev–Trinajstić information content (AvgIpc) is 3.22. The number of alkyl halides is 6. The summed E-state index contributed by atoms with van der Waals surface area (Å²) in [4.78, 5) is 16.5. The van der Waals surface area contributed by atoms with Crippen LogP contribution in [0.3, 0.4) is 0 Å². The average molecular weight is 555 g/mol. The van der Waals surface area contributed by atoms with Crippen LogP contribution in [0.25, 0.3) is 5.70 Å². The minimum absolute atomic E-state index is 0.00207. The largest absolute Gasteiger partial charge is 0.428 e. The van der Waals surface area contributed by atoms with Crippen LogP contribution in [0.5, 0.6) is 0 Å². The van der Waals surface area contributed by atoms with Gasteiger partial charge in [0.2, 0.25) is 5.60 Å². The van der Waals surface area contributed by atoms with E-state index >= 15 is 0 Å². The van der Waals surface area contributed by atoms with Gasteiger partial charge in [-0.25, -0.2) is 10.2 Å². The fraction of sp³-hybridized carbons (Fsp3) is 0.273. The van der Waals surface area contributed by atoms with Crippen molar-refractivity contribution in [1.29, 1.82) is 0 Å². The predicted molar refractivity (Wildman–Crippen MR) is 122 cm³/mol. The second kappa shape index (κ2) is 10.2. The van der Waals surface area contributed by atoms with Crippen molar-refractivity contribution in [3.8, 4) is 0 Å². The summed E-state index contributed by atoms with van der Waals surface area (Å²) >= 11 is 11.8. The number of hydroxylamine groups is 1. The Morgan fingerprint density at radius 1 is 1.08 bits per heavy atom. The Hall–Kier alpha value is -2.96. The summed E-state index contributed by atoms with van der Waals surface area (Å²) in [6, 6.07) is 6.93. The molecule has 0 fully saturated rings. The van der Waals surface area contributed by atoms with Crippen LogP contribution in [0, 0.1) is 6.92 Å². The summed E-state index contributed by atoms with van der Waals surface area (Å²) in [6.07, 6.45) is -8.57. The maximum absolute atomic E-state index is 14.2. The van der Waals surface area contributed by atoms with Crippen molar-refractivity contribution in [1.82, 2.24) is 16.2 Å². The Morgan fingerprint density at radius 3 is 2.28 bits per heavy atom. The van der Waals surface area contributed by atoms with E-state index in [0.717, 1.165) is 18.2 Å². The maximum atomic E-state index is 14.2. The number of nitrogens with zero attached hydrogens (tertiary/aromatic N) is 1. The second-order valence-corrected chi connectivity index (χ2v) is 8.66. The van der Waals surface area contributed by atoms with E-state index in [-0.39, 0.29) is 27.0 Å². The van der Waals surface area contributed by atoms with E-state index in [0.29, 0.717) is 16.7 Å². The zero-order valence-electron chi connectivity index (χ0n) is 18.5. The first-order valence-corrected chi connectivity index (χ1v) is 10.8. The summed E-state index contributed by atoms with van der Waals surface area (Å²) in [7, 11) is 0. The predicted octanol–water partition coefficient (Wildman–Crippen LogP) is 6.22. The number of nitrogens with one attached hydrogen (secondary N) is 3. The third-order valence-electron chi connectivity index (χ3n) is 5.08. The van der Waals surface area contributed by atoms with Crippen molar-refractivity contribution in [3.05, 3.63) is 74.8 Å². The highest BCUT2D eigenvalue weighted by molar-refractivity contribution is 6.34. The Bertz CT molecular complexity index is 1210. The molecule has 0 aromatic heterocycles. The smallest absolute Gasteiger partial charge is 0.328 e. The summed E-state index contributed by atoms with van der Waals surface area (Å²) in [6.45, 7) is 1.62. The zero-order chi connectivity index (χ0) is 26.9. The number of hydrazone groups is 1. The van der Waals surface area contributed by atoms with Gasteiger partial charge < -0.3 is 5.32 Å². The van der Waals surface area contributed by atoms with Crippen LogP contribution in [0.1, 0.15) is 29.2 Å². The maximum Gasteiger partial charge on any atom is 0.428 e. The lowest BCUT2D eigenvalue weighted by Crippen LogP contribution is -2.42. The number of carbonyl (C=O) groups excluding carboxylic acids is 1. The number of halogens is 8. The highest BCUT2D eigenvalue weighted by Gasteiger charge is 2.59. The lowest BCUT2D eigenvalue weighted by molar-refractivity contribution is -0.269. The zero-order valence-corrected chi connectivity index (χ0v) is 20.0. The monoisotopic (exact) mass is 554 g/mol. The SMILES string of the molecule is CC(=NNC(=O)NCC(F)(F)F)c1ccc(C2=CC(c3cc(Cl)cc(Cl)c3)(C(F)(F)F)ON2)cc1C. The molecule has 1 heterocycles. The summed E-state index contributed by atoms with van der Waals surface area (Å²) in [5.74, 6) is 0. The lowest BCUT2D eigenvalue weighted by atomic mass is 9.91. The Balaban J connectivity index is 1.86. The van der Waals surface area contributed by atoms with Crippen LogP contribution >= 0.6 is 23.2 Å². The molecule has 36 heavy (non-hydrogen) atoms. The highest BCUT2D eigenvalue weighted by atomic mass is 35.5. The number of aryl methyl sites for hydroxylation is 1. The van der Waals surface area contributed by atoms with Gasteiger partial charge in [-0.05, 0) is 55.3 Å². The number of carbonyl (C=O) groups is 1. The first kappa shape index (κ1) is 27.6. The first-order chi connectivity index (χ1) is 16.6. The van der Waals surface area contributed by atoms with Crippen LogP contribution in [-0.4, -0.2) is 30.6 Å². The van der Waals surface area contributed by atoms with Crippen molar-refractivity contribution < 1.29 is 36.0 Å². The molecule has 0 aliphatic carbocycles. The van der Waals surface area contributed by atoms with Crippen molar-refractivity contribution >= 4 is 40.6 Å².